The maximum Gasteiger partial charge on any atom is 0.469 e. The van der Waals surface area contributed by atoms with Crippen LogP contribution in [0.5, 0.6) is 5.75 Å². The van der Waals surface area contributed by atoms with Gasteiger partial charge in [-0.15, -0.1) is 0 Å². The Kier molecular flexibility index (Phi) is 6.65. The van der Waals surface area contributed by atoms with Gasteiger partial charge in [0.1, 0.15) is 5.75 Å². The first-order chi connectivity index (χ1) is 11.7. The Hall–Kier alpha value is -1.37. The average Bonchev–Trinajstić information content (AvgIpc) is 2.53. The molecule has 0 bridgehead atoms. The number of thioether (sulfide) groups is 1. The SMILES string of the molecule is CC(C)(CSCCOP(=O)(O)O)C(=O)Oc1ccc2ccccc2c1. The number of hydrogen-bond donors (Lipinski definition) is 2. The smallest absolute Gasteiger partial charge is 0.426 e. The summed E-state index contributed by atoms with van der Waals surface area (Å²) >= 11 is 1.37. The van der Waals surface area contributed by atoms with Crippen LogP contribution in [0.3, 0.4) is 0 Å². The predicted octanol–water partition coefficient (Wildman–Crippen LogP) is 3.61. The highest BCUT2D eigenvalue weighted by molar-refractivity contribution is 7.99. The number of phosphoric acid groups is 1. The number of fused-ring (bicyclic) bond motifs is 1. The summed E-state index contributed by atoms with van der Waals surface area (Å²) in [5.74, 6) is 0.958. The highest BCUT2D eigenvalue weighted by atomic mass is 32.2. The van der Waals surface area contributed by atoms with Gasteiger partial charge >= 0.3 is 13.8 Å². The number of rotatable bonds is 8. The second-order valence-corrected chi connectivity index (χ2v) is 8.50. The molecule has 0 radical (unpaired) electrons. The van der Waals surface area contributed by atoms with E-state index >= 15 is 0 Å². The second-order valence-electron chi connectivity index (χ2n) is 6.16. The highest BCUT2D eigenvalue weighted by Gasteiger charge is 2.30. The van der Waals surface area contributed by atoms with Gasteiger partial charge < -0.3 is 14.5 Å². The van der Waals surface area contributed by atoms with E-state index in [0.29, 0.717) is 17.3 Å². The van der Waals surface area contributed by atoms with Crippen LogP contribution in [0.2, 0.25) is 0 Å². The molecule has 0 amide bonds. The molecule has 136 valence electrons. The van der Waals surface area contributed by atoms with E-state index in [-0.39, 0.29) is 12.6 Å². The largest absolute Gasteiger partial charge is 0.469 e. The van der Waals surface area contributed by atoms with Crippen LogP contribution in [0, 0.1) is 5.41 Å². The van der Waals surface area contributed by atoms with Gasteiger partial charge in [0.15, 0.2) is 0 Å². The molecule has 0 saturated carbocycles. The number of phosphoric ester groups is 1. The van der Waals surface area contributed by atoms with Crippen LogP contribution >= 0.6 is 19.6 Å². The van der Waals surface area contributed by atoms with Gasteiger partial charge in [0.05, 0.1) is 12.0 Å². The first-order valence-corrected chi connectivity index (χ1v) is 10.3. The Morgan fingerprint density at radius 3 is 2.52 bits per heavy atom. The zero-order valence-corrected chi connectivity index (χ0v) is 15.8. The van der Waals surface area contributed by atoms with Gasteiger partial charge in [-0.3, -0.25) is 9.32 Å². The molecule has 0 atom stereocenters. The average molecular weight is 384 g/mol. The summed E-state index contributed by atoms with van der Waals surface area (Å²) in [6, 6.07) is 13.3. The van der Waals surface area contributed by atoms with Gasteiger partial charge in [0, 0.05) is 11.5 Å². The molecule has 0 fully saturated rings. The molecule has 25 heavy (non-hydrogen) atoms. The molecule has 0 spiro atoms. The molecule has 8 heteroatoms. The van der Waals surface area contributed by atoms with Crippen LogP contribution in [0.15, 0.2) is 42.5 Å². The minimum atomic E-state index is -4.44. The van der Waals surface area contributed by atoms with E-state index in [2.05, 4.69) is 4.52 Å². The van der Waals surface area contributed by atoms with Gasteiger partial charge in [-0.1, -0.05) is 30.3 Å². The molecular weight excluding hydrogens is 363 g/mol. The molecule has 0 aliphatic rings. The normalized spacial score (nSPS) is 12.3. The third-order valence-electron chi connectivity index (χ3n) is 3.43. The summed E-state index contributed by atoms with van der Waals surface area (Å²) in [6.45, 7) is 3.46. The van der Waals surface area contributed by atoms with Gasteiger partial charge in [0.25, 0.3) is 0 Å². The van der Waals surface area contributed by atoms with Crippen LogP contribution in [0.25, 0.3) is 10.8 Å². The first kappa shape index (κ1) is 19.9. The zero-order chi connectivity index (χ0) is 18.5. The van der Waals surface area contributed by atoms with Gasteiger partial charge in [-0.2, -0.15) is 11.8 Å². The van der Waals surface area contributed by atoms with E-state index < -0.39 is 13.2 Å². The number of carbonyl (C=O) groups is 1. The highest BCUT2D eigenvalue weighted by Crippen LogP contribution is 2.36. The first-order valence-electron chi connectivity index (χ1n) is 7.66. The molecule has 2 rings (SSSR count). The Labute approximate surface area is 150 Å². The Balaban J connectivity index is 1.88. The van der Waals surface area contributed by atoms with Crippen LogP contribution in [-0.4, -0.2) is 33.9 Å². The molecule has 6 nitrogen and oxygen atoms in total. The molecule has 0 saturated heterocycles. The Morgan fingerprint density at radius 2 is 1.84 bits per heavy atom. The summed E-state index contributed by atoms with van der Waals surface area (Å²) < 4.78 is 20.4. The monoisotopic (exact) mass is 384 g/mol. The third-order valence-corrected chi connectivity index (χ3v) is 5.33. The number of esters is 1. The van der Waals surface area contributed by atoms with Crippen LogP contribution in [-0.2, 0) is 13.9 Å². The summed E-state index contributed by atoms with van der Waals surface area (Å²) in [5.41, 5.74) is -0.738. The molecule has 0 aliphatic carbocycles. The summed E-state index contributed by atoms with van der Waals surface area (Å²) in [4.78, 5) is 29.6. The lowest BCUT2D eigenvalue weighted by atomic mass is 9.97. The minimum Gasteiger partial charge on any atom is -0.426 e. The summed E-state index contributed by atoms with van der Waals surface area (Å²) in [5, 5.41) is 2.07. The predicted molar refractivity (Wildman–Crippen MR) is 98.7 cm³/mol. The van der Waals surface area contributed by atoms with Crippen LogP contribution in [0.4, 0.5) is 0 Å². The van der Waals surface area contributed by atoms with Crippen molar-refractivity contribution in [1.82, 2.24) is 0 Å². The zero-order valence-electron chi connectivity index (χ0n) is 14.0. The van der Waals surface area contributed by atoms with E-state index in [0.717, 1.165) is 10.8 Å². The number of ether oxygens (including phenoxy) is 1. The van der Waals surface area contributed by atoms with Crippen molar-refractivity contribution in [3.63, 3.8) is 0 Å². The topological polar surface area (TPSA) is 93.1 Å². The maximum atomic E-state index is 12.4. The molecule has 0 heterocycles. The standard InChI is InChI=1S/C17H21O6PS/c1-17(2,12-25-10-9-22-24(19,20)21)16(18)23-15-8-7-13-5-3-4-6-14(13)11-15/h3-8,11H,9-10,12H2,1-2H3,(H2,19,20,21). The number of hydrogen-bond acceptors (Lipinski definition) is 5. The van der Waals surface area contributed by atoms with Gasteiger partial charge in [-0.05, 0) is 36.8 Å². The quantitative estimate of drug-likeness (QED) is 0.311. The minimum absolute atomic E-state index is 0.0786. The van der Waals surface area contributed by atoms with Crippen molar-refractivity contribution in [3.05, 3.63) is 42.5 Å². The van der Waals surface area contributed by atoms with Crippen molar-refractivity contribution < 1.29 is 28.4 Å². The molecule has 2 aromatic rings. The second kappa shape index (κ2) is 8.34. The number of benzene rings is 2. The summed E-state index contributed by atoms with van der Waals surface area (Å²) in [7, 11) is -4.44. The fourth-order valence-electron chi connectivity index (χ4n) is 2.08. The molecule has 0 aromatic heterocycles. The van der Waals surface area contributed by atoms with E-state index in [1.807, 2.05) is 36.4 Å². The maximum absolute atomic E-state index is 12.4. The number of carbonyl (C=O) groups excluding carboxylic acids is 1. The van der Waals surface area contributed by atoms with Crippen LogP contribution in [0.1, 0.15) is 13.8 Å². The van der Waals surface area contributed by atoms with Crippen LogP contribution < -0.4 is 4.74 Å². The van der Waals surface area contributed by atoms with Crippen molar-refractivity contribution in [3.8, 4) is 5.75 Å². The van der Waals surface area contributed by atoms with Gasteiger partial charge in [-0.25, -0.2) is 4.57 Å². The Morgan fingerprint density at radius 1 is 1.16 bits per heavy atom. The molecule has 0 unspecified atom stereocenters. The van der Waals surface area contributed by atoms with Crippen molar-refractivity contribution >= 4 is 36.3 Å². The molecule has 2 N–H and O–H groups in total. The van der Waals surface area contributed by atoms with E-state index in [1.165, 1.54) is 11.8 Å². The van der Waals surface area contributed by atoms with E-state index in [1.54, 1.807) is 19.9 Å². The van der Waals surface area contributed by atoms with Crippen molar-refractivity contribution in [2.24, 2.45) is 5.41 Å². The van der Waals surface area contributed by atoms with Crippen molar-refractivity contribution in [1.29, 1.82) is 0 Å². The lowest BCUT2D eigenvalue weighted by molar-refractivity contribution is -0.142. The summed E-state index contributed by atoms with van der Waals surface area (Å²) in [6.07, 6.45) is 0. The van der Waals surface area contributed by atoms with Gasteiger partial charge in [0.2, 0.25) is 0 Å². The van der Waals surface area contributed by atoms with E-state index in [4.69, 9.17) is 14.5 Å². The molecule has 0 aliphatic heterocycles. The van der Waals surface area contributed by atoms with E-state index in [9.17, 15) is 9.36 Å². The molecular formula is C17H21O6PS. The molecule has 2 aromatic carbocycles. The lowest BCUT2D eigenvalue weighted by Gasteiger charge is -2.22. The fourth-order valence-corrected chi connectivity index (χ4v) is 3.50. The third kappa shape index (κ3) is 6.45. The fraction of sp³-hybridized carbons (Fsp3) is 0.353. The Bertz CT molecular complexity index is 786. The van der Waals surface area contributed by atoms with Crippen molar-refractivity contribution in [2.45, 2.75) is 13.8 Å². The lowest BCUT2D eigenvalue weighted by Crippen LogP contribution is -2.31. The van der Waals surface area contributed by atoms with Crippen molar-refractivity contribution in [2.75, 3.05) is 18.1 Å².